The molecule has 15 nitrogen and oxygen atoms in total. The number of carbonyl (C=O) groups excluding carboxylic acids is 4. The summed E-state index contributed by atoms with van der Waals surface area (Å²) in [6, 6.07) is 19.2. The third kappa shape index (κ3) is 9.26. The van der Waals surface area contributed by atoms with Crippen LogP contribution in [0, 0.1) is 6.92 Å². The number of likely N-dealkylation sites (tertiary alicyclic amines) is 1. The molecule has 1 spiro atoms. The average Bonchev–Trinajstić information content (AvgIpc) is 4.16. The number of nitrogens with zero attached hydrogens (tertiary/aromatic N) is 6. The number of anilines is 2. The normalized spacial score (nSPS) is 18.7. The number of Topliss-reactive ketones (excluding diaryl/α,β-unsaturated/α-hetero) is 1. The van der Waals surface area contributed by atoms with Crippen LogP contribution in [0.2, 0.25) is 25.7 Å². The molecule has 10 rings (SSSR count). The van der Waals surface area contributed by atoms with Crippen LogP contribution in [0.25, 0.3) is 33.2 Å². The molecule has 1 saturated heterocycles. The lowest BCUT2D eigenvalue weighted by molar-refractivity contribution is -0.156. The standard InChI is InChI=1S/C53H63N9O6Si/c1-32(7-15-43(63)48-59-50(60-68-48)52(3)18-19-52)37-11-9-35(27-33(37)2)46-45-38-12-10-36(29-40(38)58-47(45)57-30-56-46)55-24-23-54-22-17-34-8-13-41-39(28-34)53(20-21-53)51(66)62(41)42-14-16-44(64)61(49(42)65)31-67-25-26-69(4,5)6/h8-13,27-30,32,42,54-55H,7,14-26,31H2,1-6H3,(H,56,57,58)/t32-,42?/m0/s1. The maximum absolute atomic E-state index is 14.0. The van der Waals surface area contributed by atoms with Crippen LogP contribution in [0.4, 0.5) is 11.4 Å². The summed E-state index contributed by atoms with van der Waals surface area (Å²) < 4.78 is 11.1. The third-order valence-electron chi connectivity index (χ3n) is 14.9. The molecule has 0 radical (unpaired) electrons. The second kappa shape index (κ2) is 18.3. The number of ketones is 1. The van der Waals surface area contributed by atoms with Gasteiger partial charge in [-0.2, -0.15) is 4.98 Å². The van der Waals surface area contributed by atoms with Crippen molar-refractivity contribution in [2.75, 3.05) is 43.2 Å². The summed E-state index contributed by atoms with van der Waals surface area (Å²) in [7, 11) is -1.32. The van der Waals surface area contributed by atoms with Crippen molar-refractivity contribution in [1.29, 1.82) is 0 Å². The molecule has 6 aromatic rings. The van der Waals surface area contributed by atoms with Crippen LogP contribution in [0.15, 0.2) is 65.4 Å². The second-order valence-electron chi connectivity index (χ2n) is 21.3. The minimum Gasteiger partial charge on any atom is -0.384 e. The maximum Gasteiger partial charge on any atom is 0.294 e. The number of ether oxygens (including phenoxy) is 1. The Labute approximate surface area is 403 Å². The highest BCUT2D eigenvalue weighted by Crippen LogP contribution is 2.58. The summed E-state index contributed by atoms with van der Waals surface area (Å²) >= 11 is 0. The van der Waals surface area contributed by atoms with E-state index in [0.717, 1.165) is 119 Å². The highest BCUT2D eigenvalue weighted by atomic mass is 28.3. The first-order valence-corrected chi connectivity index (χ1v) is 28.4. The summed E-state index contributed by atoms with van der Waals surface area (Å²) in [6.07, 6.45) is 7.55. The molecule has 69 heavy (non-hydrogen) atoms. The molecular weight excluding hydrogens is 887 g/mol. The molecule has 3 aromatic heterocycles. The predicted octanol–water partition coefficient (Wildman–Crippen LogP) is 8.74. The van der Waals surface area contributed by atoms with Crippen LogP contribution in [0.1, 0.15) is 110 Å². The summed E-state index contributed by atoms with van der Waals surface area (Å²) in [5.74, 6) is 0.206. The molecule has 2 aliphatic carbocycles. The van der Waals surface area contributed by atoms with E-state index < -0.39 is 19.5 Å². The number of hydrogen-bond donors (Lipinski definition) is 3. The SMILES string of the molecule is Cc1cc(-c2ncnc3[nH]c4cc(NCCNCCc5ccc6c(c5)C5(CC5)C(=O)N6C5CCC(=O)N(COCC[Si](C)(C)C)C5=O)ccc4c23)ccc1[C@@H](C)CCC(=O)c1nc(C2(C)CC2)no1. The van der Waals surface area contributed by atoms with E-state index in [1.54, 1.807) is 11.2 Å². The number of aryl methyl sites for hydroxylation is 1. The van der Waals surface area contributed by atoms with Crippen LogP contribution in [0.5, 0.6) is 0 Å². The molecular formula is C53H63N9O6Si. The molecule has 3 aromatic carbocycles. The van der Waals surface area contributed by atoms with E-state index in [1.807, 2.05) is 6.07 Å². The molecule has 3 N–H and O–H groups in total. The van der Waals surface area contributed by atoms with Gasteiger partial charge in [-0.05, 0) is 117 Å². The number of H-pyrrole nitrogens is 1. The van der Waals surface area contributed by atoms with Crippen LogP contribution in [-0.4, -0.2) is 101 Å². The quantitative estimate of drug-likeness (QED) is 0.0286. The Morgan fingerprint density at radius 2 is 1.83 bits per heavy atom. The molecule has 2 aliphatic heterocycles. The summed E-state index contributed by atoms with van der Waals surface area (Å²) in [5, 5.41) is 13.2. The smallest absolute Gasteiger partial charge is 0.294 e. The number of aromatic nitrogens is 5. The number of amides is 3. The Morgan fingerprint density at radius 3 is 2.59 bits per heavy atom. The van der Waals surface area contributed by atoms with Gasteiger partial charge in [0.15, 0.2) is 5.82 Å². The van der Waals surface area contributed by atoms with Gasteiger partial charge >= 0.3 is 0 Å². The van der Waals surface area contributed by atoms with Gasteiger partial charge < -0.3 is 24.9 Å². The molecule has 2 saturated carbocycles. The zero-order valence-corrected chi connectivity index (χ0v) is 41.7. The second-order valence-corrected chi connectivity index (χ2v) is 27.0. The van der Waals surface area contributed by atoms with E-state index in [0.29, 0.717) is 31.7 Å². The first kappa shape index (κ1) is 46.6. The Kier molecular flexibility index (Phi) is 12.4. The summed E-state index contributed by atoms with van der Waals surface area (Å²) in [6.45, 7) is 15.8. The molecule has 2 atom stereocenters. The van der Waals surface area contributed by atoms with Crippen LogP contribution >= 0.6 is 0 Å². The fourth-order valence-electron chi connectivity index (χ4n) is 10.1. The molecule has 1 unspecified atom stereocenters. The molecule has 3 amide bonds. The maximum atomic E-state index is 14.0. The predicted molar refractivity (Wildman–Crippen MR) is 268 cm³/mol. The van der Waals surface area contributed by atoms with Gasteiger partial charge in [0.05, 0.1) is 16.5 Å². The first-order chi connectivity index (χ1) is 33.1. The Balaban J connectivity index is 0.722. The van der Waals surface area contributed by atoms with Crippen LogP contribution in [-0.2, 0) is 36.4 Å². The average molecular weight is 950 g/mol. The topological polar surface area (TPSA) is 189 Å². The number of hydrogen-bond acceptors (Lipinski definition) is 12. The number of nitrogens with one attached hydrogen (secondary N) is 3. The van der Waals surface area contributed by atoms with E-state index >= 15 is 0 Å². The van der Waals surface area contributed by atoms with E-state index in [9.17, 15) is 19.2 Å². The highest BCUT2D eigenvalue weighted by molar-refractivity contribution is 6.76. The van der Waals surface area contributed by atoms with Gasteiger partial charge in [0.1, 0.15) is 24.7 Å². The number of piperidine rings is 1. The number of benzene rings is 3. The molecule has 360 valence electrons. The Morgan fingerprint density at radius 1 is 1.00 bits per heavy atom. The van der Waals surface area contributed by atoms with Gasteiger partial charge in [-0.15, -0.1) is 0 Å². The third-order valence-corrected chi connectivity index (χ3v) is 16.6. The minimum absolute atomic E-state index is 0.0153. The van der Waals surface area contributed by atoms with Crippen LogP contribution in [0.3, 0.4) is 0 Å². The molecule has 0 bridgehead atoms. The number of imide groups is 1. The Hall–Kier alpha value is -6.10. The van der Waals surface area contributed by atoms with Crippen molar-refractivity contribution >= 4 is 64.9 Å². The lowest BCUT2D eigenvalue weighted by atomic mass is 9.90. The van der Waals surface area contributed by atoms with Crippen LogP contribution < -0.4 is 15.5 Å². The van der Waals surface area contributed by atoms with Crippen molar-refractivity contribution in [3.05, 3.63) is 94.9 Å². The lowest BCUT2D eigenvalue weighted by Gasteiger charge is -2.36. The first-order valence-electron chi connectivity index (χ1n) is 24.7. The van der Waals surface area contributed by atoms with Gasteiger partial charge in [0.2, 0.25) is 17.6 Å². The number of aromatic amines is 1. The van der Waals surface area contributed by atoms with Gasteiger partial charge in [-0.3, -0.25) is 29.0 Å². The van der Waals surface area contributed by atoms with Gasteiger partial charge in [0.25, 0.3) is 11.8 Å². The largest absolute Gasteiger partial charge is 0.384 e. The molecule has 16 heteroatoms. The number of rotatable bonds is 20. The minimum atomic E-state index is -1.32. The van der Waals surface area contributed by atoms with E-state index in [2.05, 4.69) is 120 Å². The Bertz CT molecular complexity index is 2980. The highest BCUT2D eigenvalue weighted by Gasteiger charge is 2.61. The van der Waals surface area contributed by atoms with Crippen molar-refractivity contribution in [3.63, 3.8) is 0 Å². The molecule has 4 aliphatic rings. The monoisotopic (exact) mass is 949 g/mol. The van der Waals surface area contributed by atoms with Gasteiger partial charge in [0, 0.05) is 73.9 Å². The van der Waals surface area contributed by atoms with E-state index in [-0.39, 0.29) is 53.9 Å². The fourth-order valence-corrected chi connectivity index (χ4v) is 10.9. The number of fused-ring (bicyclic) bond motifs is 5. The lowest BCUT2D eigenvalue weighted by Crippen LogP contribution is -2.56. The molecule has 3 fully saturated rings. The summed E-state index contributed by atoms with van der Waals surface area (Å²) in [4.78, 5) is 73.7. The van der Waals surface area contributed by atoms with Gasteiger partial charge in [-0.1, -0.05) is 69.0 Å². The van der Waals surface area contributed by atoms with Crippen molar-refractivity contribution < 1.29 is 28.4 Å². The summed E-state index contributed by atoms with van der Waals surface area (Å²) in [5.41, 5.74) is 9.30. The van der Waals surface area contributed by atoms with E-state index in [4.69, 9.17) is 14.2 Å². The van der Waals surface area contributed by atoms with Crippen molar-refractivity contribution in [2.24, 2.45) is 0 Å². The van der Waals surface area contributed by atoms with Crippen molar-refractivity contribution in [2.45, 2.75) is 127 Å². The van der Waals surface area contributed by atoms with E-state index in [1.165, 1.54) is 10.5 Å². The molecule has 5 heterocycles. The zero-order valence-electron chi connectivity index (χ0n) is 40.7. The fraction of sp³-hybridized carbons (Fsp3) is 0.472. The van der Waals surface area contributed by atoms with Crippen molar-refractivity contribution in [3.8, 4) is 11.3 Å². The van der Waals surface area contributed by atoms with Crippen molar-refractivity contribution in [1.82, 2.24) is 35.3 Å². The van der Waals surface area contributed by atoms with Gasteiger partial charge in [-0.25, -0.2) is 9.97 Å². The zero-order chi connectivity index (χ0) is 48.2. The number of carbonyl (C=O) groups is 4.